The smallest absolute Gasteiger partial charge is 0.315 e. The number of hydrogen-bond donors (Lipinski definition) is 1. The number of carbonyl (C=O) groups is 1. The summed E-state index contributed by atoms with van der Waals surface area (Å²) in [7, 11) is 2.01. The molecule has 1 saturated heterocycles. The predicted molar refractivity (Wildman–Crippen MR) is 103 cm³/mol. The van der Waals surface area contributed by atoms with Crippen LogP contribution in [0.15, 0.2) is 29.1 Å². The van der Waals surface area contributed by atoms with Crippen LogP contribution in [0.3, 0.4) is 0 Å². The first-order valence-corrected chi connectivity index (χ1v) is 9.96. The first kappa shape index (κ1) is 17.4. The molecule has 7 heteroatoms. The van der Waals surface area contributed by atoms with Gasteiger partial charge in [-0.05, 0) is 50.4 Å². The van der Waals surface area contributed by atoms with Crippen molar-refractivity contribution >= 4 is 5.91 Å². The van der Waals surface area contributed by atoms with Crippen LogP contribution in [0, 0.1) is 0 Å². The van der Waals surface area contributed by atoms with Crippen molar-refractivity contribution in [2.45, 2.75) is 44.3 Å². The fraction of sp³-hybridized carbons (Fsp3) is 0.476. The molecule has 3 heterocycles. The van der Waals surface area contributed by atoms with Crippen LogP contribution in [-0.4, -0.2) is 56.5 Å². The van der Waals surface area contributed by atoms with Crippen LogP contribution in [0.4, 0.5) is 0 Å². The molecule has 1 atom stereocenters. The molecule has 2 aromatic rings. The van der Waals surface area contributed by atoms with E-state index in [1.807, 2.05) is 24.1 Å². The van der Waals surface area contributed by atoms with Crippen molar-refractivity contribution in [3.05, 3.63) is 57.3 Å². The second kappa shape index (κ2) is 6.44. The molecule has 1 amide bonds. The zero-order valence-corrected chi connectivity index (χ0v) is 16.0. The normalized spacial score (nSPS) is 22.5. The zero-order chi connectivity index (χ0) is 19.4. The van der Waals surface area contributed by atoms with Gasteiger partial charge in [-0.2, -0.15) is 4.98 Å². The Bertz CT molecular complexity index is 990. The van der Waals surface area contributed by atoms with Crippen LogP contribution < -0.4 is 5.56 Å². The maximum absolute atomic E-state index is 13.3. The van der Waals surface area contributed by atoms with E-state index in [4.69, 9.17) is 0 Å². The highest BCUT2D eigenvalue weighted by atomic mass is 16.3. The summed E-state index contributed by atoms with van der Waals surface area (Å²) in [6, 6.07) is 8.35. The molecule has 3 aliphatic rings. The SMILES string of the molecule is CN1CCCC1c1nc(=O)c(O)c2n1CCN(C1Cc3ccccc3C1)C2=O. The molecule has 0 radical (unpaired) electrons. The number of rotatable bonds is 2. The molecule has 1 N–H and O–H groups in total. The number of benzene rings is 1. The van der Waals surface area contributed by atoms with Gasteiger partial charge in [0.15, 0.2) is 5.69 Å². The van der Waals surface area contributed by atoms with Crippen molar-refractivity contribution in [1.82, 2.24) is 19.4 Å². The van der Waals surface area contributed by atoms with E-state index in [1.165, 1.54) is 11.1 Å². The third kappa shape index (κ3) is 2.57. The van der Waals surface area contributed by atoms with Crippen LogP contribution in [-0.2, 0) is 19.4 Å². The molecule has 0 saturated carbocycles. The Balaban J connectivity index is 1.52. The average molecular weight is 380 g/mol. The van der Waals surface area contributed by atoms with Gasteiger partial charge in [0.25, 0.3) is 5.91 Å². The summed E-state index contributed by atoms with van der Waals surface area (Å²) in [4.78, 5) is 33.9. The Hall–Kier alpha value is -2.67. The van der Waals surface area contributed by atoms with E-state index in [0.29, 0.717) is 18.9 Å². The lowest BCUT2D eigenvalue weighted by molar-refractivity contribution is 0.0610. The van der Waals surface area contributed by atoms with Gasteiger partial charge in [0.1, 0.15) is 5.82 Å². The molecule has 0 bridgehead atoms. The number of fused-ring (bicyclic) bond motifs is 2. The van der Waals surface area contributed by atoms with E-state index in [2.05, 4.69) is 22.0 Å². The highest BCUT2D eigenvalue weighted by Crippen LogP contribution is 2.33. The molecule has 1 aliphatic carbocycles. The molecule has 1 fully saturated rings. The number of aromatic nitrogens is 2. The highest BCUT2D eigenvalue weighted by molar-refractivity contribution is 5.96. The molecule has 1 unspecified atom stereocenters. The van der Waals surface area contributed by atoms with E-state index in [1.54, 1.807) is 4.57 Å². The van der Waals surface area contributed by atoms with Gasteiger partial charge in [-0.1, -0.05) is 24.3 Å². The van der Waals surface area contributed by atoms with Gasteiger partial charge in [-0.15, -0.1) is 0 Å². The van der Waals surface area contributed by atoms with E-state index >= 15 is 0 Å². The lowest BCUT2D eigenvalue weighted by atomic mass is 10.1. The summed E-state index contributed by atoms with van der Waals surface area (Å²) in [5.41, 5.74) is 1.95. The summed E-state index contributed by atoms with van der Waals surface area (Å²) in [5, 5.41) is 10.4. The molecule has 7 nitrogen and oxygen atoms in total. The maximum Gasteiger partial charge on any atom is 0.315 e. The predicted octanol–water partition coefficient (Wildman–Crippen LogP) is 1.34. The van der Waals surface area contributed by atoms with Gasteiger partial charge < -0.3 is 14.6 Å². The summed E-state index contributed by atoms with van der Waals surface area (Å²) in [6.07, 6.45) is 3.57. The van der Waals surface area contributed by atoms with Crippen molar-refractivity contribution in [3.63, 3.8) is 0 Å². The average Bonchev–Trinajstić information content (AvgIpc) is 3.30. The molecule has 28 heavy (non-hydrogen) atoms. The molecule has 0 spiro atoms. The number of nitrogens with zero attached hydrogens (tertiary/aromatic N) is 4. The summed E-state index contributed by atoms with van der Waals surface area (Å²) in [5.74, 6) is -0.168. The Morgan fingerprint density at radius 2 is 1.79 bits per heavy atom. The molecular formula is C21H24N4O3. The number of aromatic hydroxyl groups is 1. The van der Waals surface area contributed by atoms with Crippen LogP contribution in [0.25, 0.3) is 0 Å². The Morgan fingerprint density at radius 3 is 2.43 bits per heavy atom. The Labute approximate surface area is 163 Å². The number of hydrogen-bond acceptors (Lipinski definition) is 5. The lowest BCUT2D eigenvalue weighted by Crippen LogP contribution is -2.49. The van der Waals surface area contributed by atoms with Crippen molar-refractivity contribution in [2.75, 3.05) is 20.1 Å². The summed E-state index contributed by atoms with van der Waals surface area (Å²) < 4.78 is 1.78. The van der Waals surface area contributed by atoms with Gasteiger partial charge in [0.05, 0.1) is 6.04 Å². The zero-order valence-electron chi connectivity index (χ0n) is 16.0. The van der Waals surface area contributed by atoms with E-state index in [0.717, 1.165) is 32.2 Å². The molecular weight excluding hydrogens is 356 g/mol. The first-order valence-electron chi connectivity index (χ1n) is 9.96. The third-order valence-corrected chi connectivity index (χ3v) is 6.51. The monoisotopic (exact) mass is 380 g/mol. The Morgan fingerprint density at radius 1 is 1.07 bits per heavy atom. The lowest BCUT2D eigenvalue weighted by Gasteiger charge is -2.36. The van der Waals surface area contributed by atoms with Crippen molar-refractivity contribution in [1.29, 1.82) is 0 Å². The summed E-state index contributed by atoms with van der Waals surface area (Å²) >= 11 is 0. The van der Waals surface area contributed by atoms with Crippen molar-refractivity contribution in [2.24, 2.45) is 0 Å². The molecule has 146 valence electrons. The van der Waals surface area contributed by atoms with E-state index in [-0.39, 0.29) is 23.7 Å². The van der Waals surface area contributed by atoms with Crippen LogP contribution >= 0.6 is 0 Å². The largest absolute Gasteiger partial charge is 0.501 e. The highest BCUT2D eigenvalue weighted by Gasteiger charge is 2.38. The van der Waals surface area contributed by atoms with E-state index < -0.39 is 11.3 Å². The van der Waals surface area contributed by atoms with Gasteiger partial charge >= 0.3 is 5.56 Å². The molecule has 5 rings (SSSR count). The minimum Gasteiger partial charge on any atom is -0.501 e. The fourth-order valence-electron chi connectivity index (χ4n) is 5.04. The second-order valence-corrected chi connectivity index (χ2v) is 8.09. The minimum absolute atomic E-state index is 0.0159. The van der Waals surface area contributed by atoms with Crippen LogP contribution in [0.5, 0.6) is 5.75 Å². The second-order valence-electron chi connectivity index (χ2n) is 8.09. The first-order chi connectivity index (χ1) is 13.5. The molecule has 2 aliphatic heterocycles. The van der Waals surface area contributed by atoms with Gasteiger partial charge in [-0.25, -0.2) is 0 Å². The van der Waals surface area contributed by atoms with Crippen LogP contribution in [0.1, 0.15) is 46.3 Å². The van der Waals surface area contributed by atoms with Crippen LogP contribution in [0.2, 0.25) is 0 Å². The number of carbonyl (C=O) groups excluding carboxylic acids is 1. The fourth-order valence-corrected chi connectivity index (χ4v) is 5.04. The molecule has 1 aromatic heterocycles. The molecule has 1 aromatic carbocycles. The number of likely N-dealkylation sites (tertiary alicyclic amines) is 1. The van der Waals surface area contributed by atoms with Gasteiger partial charge in [0, 0.05) is 19.1 Å². The maximum atomic E-state index is 13.3. The third-order valence-electron chi connectivity index (χ3n) is 6.51. The topological polar surface area (TPSA) is 78.7 Å². The summed E-state index contributed by atoms with van der Waals surface area (Å²) in [6.45, 7) is 2.06. The van der Waals surface area contributed by atoms with Crippen molar-refractivity contribution < 1.29 is 9.90 Å². The quantitative estimate of drug-likeness (QED) is 0.851. The minimum atomic E-state index is -0.702. The standard InChI is InChI=1S/C21H24N4O3/c1-23-8-4-7-16(23)19-22-20(27)18(26)17-21(28)24(9-10-25(17)19)15-11-13-5-2-3-6-14(13)12-15/h2-3,5-6,15-16,26H,4,7-12H2,1H3. The number of amides is 1. The van der Waals surface area contributed by atoms with Gasteiger partial charge in [-0.3, -0.25) is 14.5 Å². The Kier molecular flexibility index (Phi) is 4.01. The van der Waals surface area contributed by atoms with Crippen molar-refractivity contribution in [3.8, 4) is 5.75 Å². The van der Waals surface area contributed by atoms with E-state index in [9.17, 15) is 14.7 Å². The van der Waals surface area contributed by atoms with Gasteiger partial charge in [0.2, 0.25) is 5.75 Å².